The highest BCUT2D eigenvalue weighted by Crippen LogP contribution is 2.57. The first kappa shape index (κ1) is 36.3. The van der Waals surface area contributed by atoms with E-state index in [0.29, 0.717) is 9.52 Å². The molecule has 1 aromatic heterocycles. The zero-order valence-electron chi connectivity index (χ0n) is 34.1. The fourth-order valence-electron chi connectivity index (χ4n) is 10.2. The summed E-state index contributed by atoms with van der Waals surface area (Å²) < 4.78 is 2.48. The summed E-state index contributed by atoms with van der Waals surface area (Å²) in [5, 5.41) is 5.14. The number of hydrogen-bond donors (Lipinski definition) is 0. The van der Waals surface area contributed by atoms with E-state index in [1.807, 2.05) is 0 Å². The summed E-state index contributed by atoms with van der Waals surface area (Å²) in [6.07, 6.45) is -0.124. The highest BCUT2D eigenvalue weighted by atomic mass is 28.2. The molecule has 0 N–H and O–H groups in total. The minimum Gasteiger partial charge on any atom is -0.326 e. The third-order valence-corrected chi connectivity index (χ3v) is 14.1. The fourth-order valence-corrected chi connectivity index (χ4v) is 11.3. The molecule has 0 saturated carbocycles. The summed E-state index contributed by atoms with van der Waals surface area (Å²) in [6.45, 7) is 0.767. The summed E-state index contributed by atoms with van der Waals surface area (Å²) in [6, 6.07) is 84.6. The van der Waals surface area contributed by atoms with Crippen molar-refractivity contribution in [2.24, 2.45) is 4.99 Å². The van der Waals surface area contributed by atoms with Crippen molar-refractivity contribution in [3.63, 3.8) is 0 Å². The fraction of sp³-hybridized carbons (Fsp3) is 0.0517. The van der Waals surface area contributed by atoms with Gasteiger partial charge in [0.2, 0.25) is 0 Å². The van der Waals surface area contributed by atoms with E-state index in [1.165, 1.54) is 76.7 Å². The van der Waals surface area contributed by atoms with E-state index in [4.69, 9.17) is 4.99 Å². The minimum atomic E-state index is -0.486. The molecular weight excluding hydrogens is 767 g/mol. The van der Waals surface area contributed by atoms with Crippen molar-refractivity contribution in [2.45, 2.75) is 18.1 Å². The maximum absolute atomic E-state index is 5.43. The molecule has 2 radical (unpaired) electrons. The monoisotopic (exact) mass is 807 g/mol. The molecule has 2 aliphatic rings. The number of benzene rings is 9. The van der Waals surface area contributed by atoms with Gasteiger partial charge in [0.1, 0.15) is 15.4 Å². The van der Waals surface area contributed by atoms with Crippen molar-refractivity contribution in [1.29, 1.82) is 0 Å². The summed E-state index contributed by atoms with van der Waals surface area (Å²) in [4.78, 5) is 7.90. The normalized spacial score (nSPS) is 14.9. The Bertz CT molecular complexity index is 3260. The largest absolute Gasteiger partial charge is 0.326 e. The average molecular weight is 808 g/mol. The van der Waals surface area contributed by atoms with Crippen molar-refractivity contribution in [3.8, 4) is 16.8 Å². The summed E-state index contributed by atoms with van der Waals surface area (Å²) in [5.74, 6) is 1.04. The number of aliphatic imine (C=N–C) groups is 1. The van der Waals surface area contributed by atoms with Crippen LogP contribution >= 0.6 is 0 Å². The molecule has 1 aliphatic heterocycles. The molecule has 0 spiro atoms. The zero-order chi connectivity index (χ0) is 41.0. The quantitative estimate of drug-likeness (QED) is 0.133. The maximum atomic E-state index is 5.43. The van der Waals surface area contributed by atoms with Crippen LogP contribution in [0.3, 0.4) is 0 Å². The van der Waals surface area contributed by atoms with Crippen LogP contribution in [0.1, 0.15) is 45.1 Å². The SMILES string of the molecule is c1ccc(CN2C(c3cccc([Si]c4ccccc4)c3)=N[C@H]2c2cccc(-n3c4ccccc4c4cc5c(cc43)C(c3ccccc3)(c3ccccc3)c3ccccc3-5)c2)cc1. The summed E-state index contributed by atoms with van der Waals surface area (Å²) in [5.41, 5.74) is 14.4. The highest BCUT2D eigenvalue weighted by Gasteiger charge is 2.46. The van der Waals surface area contributed by atoms with Crippen LogP contribution in [0.2, 0.25) is 0 Å². The standard InChI is InChI=1S/C58H41N3Si/c1-5-19-40(20-6-1)39-60-56(59-57(60)42-22-18-30-47(36-42)62-46-28-11-4-12-29-46)41-21-17-27-45(35-41)61-54-34-16-14-32-49(54)51-37-50-48-31-13-15-33-52(48)58(53(50)38-55(51)61,43-23-7-2-8-24-43)44-25-9-3-10-26-44/h1-38,56H,39H2/t56-/m1/s1. The number of nitrogens with zero attached hydrogens (tertiary/aromatic N) is 3. The van der Waals surface area contributed by atoms with Crippen molar-refractivity contribution in [3.05, 3.63) is 269 Å². The van der Waals surface area contributed by atoms with E-state index >= 15 is 0 Å². The van der Waals surface area contributed by atoms with Crippen LogP contribution in [0.25, 0.3) is 38.6 Å². The van der Waals surface area contributed by atoms with Crippen LogP contribution in [-0.2, 0) is 12.0 Å². The first-order valence-electron chi connectivity index (χ1n) is 21.4. The van der Waals surface area contributed by atoms with Gasteiger partial charge < -0.3 is 9.47 Å². The smallest absolute Gasteiger partial charge is 0.151 e. The Hall–Kier alpha value is -7.53. The molecule has 0 saturated heterocycles. The van der Waals surface area contributed by atoms with Gasteiger partial charge in [0, 0.05) is 28.6 Å². The average Bonchev–Trinajstić information content (AvgIpc) is 3.81. The van der Waals surface area contributed by atoms with Gasteiger partial charge in [-0.1, -0.05) is 211 Å². The first-order chi connectivity index (χ1) is 30.7. The van der Waals surface area contributed by atoms with Crippen LogP contribution in [-0.4, -0.2) is 24.8 Å². The number of hydrogen-bond acceptors (Lipinski definition) is 2. The van der Waals surface area contributed by atoms with E-state index in [-0.39, 0.29) is 6.17 Å². The molecule has 0 bridgehead atoms. The number of rotatable bonds is 9. The molecule has 1 atom stereocenters. The molecule has 9 aromatic carbocycles. The van der Waals surface area contributed by atoms with Crippen LogP contribution in [0, 0.1) is 0 Å². The number of amidine groups is 1. The molecule has 0 fully saturated rings. The molecule has 2 heterocycles. The topological polar surface area (TPSA) is 20.5 Å². The van der Waals surface area contributed by atoms with Gasteiger partial charge in [0.25, 0.3) is 0 Å². The molecular formula is C58H41N3Si. The molecule has 4 heteroatoms. The van der Waals surface area contributed by atoms with Crippen molar-refractivity contribution >= 4 is 47.5 Å². The molecule has 0 unspecified atom stereocenters. The Morgan fingerprint density at radius 3 is 1.89 bits per heavy atom. The molecule has 1 aliphatic carbocycles. The van der Waals surface area contributed by atoms with Gasteiger partial charge in [-0.05, 0) is 74.8 Å². The Balaban J connectivity index is 1.02. The molecule has 292 valence electrons. The third-order valence-electron chi connectivity index (χ3n) is 12.9. The molecule has 3 nitrogen and oxygen atoms in total. The lowest BCUT2D eigenvalue weighted by atomic mass is 9.67. The van der Waals surface area contributed by atoms with Gasteiger partial charge in [-0.25, -0.2) is 4.99 Å². The van der Waals surface area contributed by atoms with Crippen LogP contribution in [0.5, 0.6) is 0 Å². The number of aromatic nitrogens is 1. The van der Waals surface area contributed by atoms with E-state index in [1.54, 1.807) is 0 Å². The van der Waals surface area contributed by atoms with Gasteiger partial charge in [-0.15, -0.1) is 0 Å². The Kier molecular flexibility index (Phi) is 8.72. The van der Waals surface area contributed by atoms with E-state index in [0.717, 1.165) is 23.6 Å². The minimum absolute atomic E-state index is 0.124. The van der Waals surface area contributed by atoms with Crippen molar-refractivity contribution in [1.82, 2.24) is 9.47 Å². The Morgan fingerprint density at radius 2 is 1.11 bits per heavy atom. The predicted octanol–water partition coefficient (Wildman–Crippen LogP) is 11.8. The van der Waals surface area contributed by atoms with Gasteiger partial charge in [0.05, 0.1) is 16.4 Å². The molecule has 0 amide bonds. The Morgan fingerprint density at radius 1 is 0.468 bits per heavy atom. The van der Waals surface area contributed by atoms with E-state index < -0.39 is 5.41 Å². The zero-order valence-corrected chi connectivity index (χ0v) is 35.1. The van der Waals surface area contributed by atoms with Gasteiger partial charge in [-0.2, -0.15) is 0 Å². The lowest BCUT2D eigenvalue weighted by Crippen LogP contribution is -2.43. The molecule has 12 rings (SSSR count). The Labute approximate surface area is 364 Å². The second kappa shape index (κ2) is 14.9. The predicted molar refractivity (Wildman–Crippen MR) is 257 cm³/mol. The number of para-hydroxylation sites is 1. The highest BCUT2D eigenvalue weighted by molar-refractivity contribution is 6.67. The van der Waals surface area contributed by atoms with Crippen molar-refractivity contribution in [2.75, 3.05) is 0 Å². The van der Waals surface area contributed by atoms with E-state index in [9.17, 15) is 0 Å². The maximum Gasteiger partial charge on any atom is 0.151 e. The van der Waals surface area contributed by atoms with Crippen LogP contribution < -0.4 is 10.4 Å². The lowest BCUT2D eigenvalue weighted by Gasteiger charge is -2.41. The molecule has 62 heavy (non-hydrogen) atoms. The summed E-state index contributed by atoms with van der Waals surface area (Å²) in [7, 11) is 0.588. The van der Waals surface area contributed by atoms with Gasteiger partial charge >= 0.3 is 0 Å². The molecule has 10 aromatic rings. The van der Waals surface area contributed by atoms with Gasteiger partial charge in [-0.3, -0.25) is 0 Å². The second-order valence-electron chi connectivity index (χ2n) is 16.4. The van der Waals surface area contributed by atoms with Gasteiger partial charge in [0.15, 0.2) is 6.17 Å². The first-order valence-corrected chi connectivity index (χ1v) is 22.4. The van der Waals surface area contributed by atoms with Crippen molar-refractivity contribution < 1.29 is 0 Å². The number of fused-ring (bicyclic) bond motifs is 6. The third kappa shape index (κ3) is 5.82. The summed E-state index contributed by atoms with van der Waals surface area (Å²) >= 11 is 0. The van der Waals surface area contributed by atoms with Crippen LogP contribution in [0.15, 0.2) is 236 Å². The van der Waals surface area contributed by atoms with Crippen LogP contribution in [0.4, 0.5) is 0 Å². The second-order valence-corrected chi connectivity index (χ2v) is 17.8. The lowest BCUT2D eigenvalue weighted by molar-refractivity contribution is 0.268. The van der Waals surface area contributed by atoms with E-state index in [2.05, 4.69) is 240 Å².